The smallest absolute Gasteiger partial charge is 0.337 e. The number of nitrogens with zero attached hydrogens (tertiary/aromatic N) is 1. The molecule has 0 bridgehead atoms. The van der Waals surface area contributed by atoms with Gasteiger partial charge in [-0.2, -0.15) is 0 Å². The maximum absolute atomic E-state index is 12.2. The molecule has 0 aliphatic heterocycles. The van der Waals surface area contributed by atoms with Crippen LogP contribution >= 0.6 is 11.6 Å². The van der Waals surface area contributed by atoms with Gasteiger partial charge in [-0.3, -0.25) is 9.69 Å². The first-order chi connectivity index (χ1) is 12.4. The van der Waals surface area contributed by atoms with E-state index in [1.165, 1.54) is 7.11 Å². The number of rotatable bonds is 7. The number of carbonyl (C=O) groups excluding carboxylic acids is 2. The first kappa shape index (κ1) is 19.8. The Kier molecular flexibility index (Phi) is 7.00. The molecule has 1 N–H and O–H groups in total. The molecule has 1 amide bonds. The van der Waals surface area contributed by atoms with Gasteiger partial charge in [0.1, 0.15) is 5.75 Å². The summed E-state index contributed by atoms with van der Waals surface area (Å²) in [6.07, 6.45) is 0. The molecule has 2 rings (SSSR count). The van der Waals surface area contributed by atoms with E-state index in [1.807, 2.05) is 18.0 Å². The molecule has 26 heavy (non-hydrogen) atoms. The Labute approximate surface area is 157 Å². The van der Waals surface area contributed by atoms with Crippen LogP contribution in [0.5, 0.6) is 5.75 Å². The number of hydrogen-bond donors (Lipinski definition) is 1. The highest BCUT2D eigenvalue weighted by molar-refractivity contribution is 6.30. The van der Waals surface area contributed by atoms with E-state index < -0.39 is 5.97 Å². The van der Waals surface area contributed by atoms with Gasteiger partial charge in [-0.05, 0) is 49.5 Å². The maximum atomic E-state index is 12.2. The number of hydrogen-bond acceptors (Lipinski definition) is 5. The van der Waals surface area contributed by atoms with Crippen LogP contribution in [0.15, 0.2) is 42.5 Å². The molecule has 0 saturated heterocycles. The quantitative estimate of drug-likeness (QED) is 0.751. The van der Waals surface area contributed by atoms with Gasteiger partial charge in [0.15, 0.2) is 0 Å². The van der Waals surface area contributed by atoms with Crippen molar-refractivity contribution in [2.45, 2.75) is 6.54 Å². The van der Waals surface area contributed by atoms with Crippen molar-refractivity contribution in [1.29, 1.82) is 0 Å². The minimum absolute atomic E-state index is 0.167. The lowest BCUT2D eigenvalue weighted by Crippen LogP contribution is -2.30. The van der Waals surface area contributed by atoms with Gasteiger partial charge < -0.3 is 14.8 Å². The molecule has 0 saturated carbocycles. The van der Waals surface area contributed by atoms with Crippen LogP contribution in [0.3, 0.4) is 0 Å². The summed E-state index contributed by atoms with van der Waals surface area (Å²) >= 11 is 6.03. The zero-order valence-corrected chi connectivity index (χ0v) is 15.7. The summed E-state index contributed by atoms with van der Waals surface area (Å²) in [7, 11) is 4.75. The lowest BCUT2D eigenvalue weighted by Gasteiger charge is -2.18. The molecular weight excluding hydrogens is 356 g/mol. The van der Waals surface area contributed by atoms with Gasteiger partial charge in [0.05, 0.1) is 26.3 Å². The molecule has 6 nitrogen and oxygen atoms in total. The monoisotopic (exact) mass is 376 g/mol. The van der Waals surface area contributed by atoms with Crippen molar-refractivity contribution in [2.24, 2.45) is 0 Å². The molecule has 0 aliphatic rings. The maximum Gasteiger partial charge on any atom is 0.337 e. The van der Waals surface area contributed by atoms with Gasteiger partial charge in [0, 0.05) is 22.8 Å². The fourth-order valence-corrected chi connectivity index (χ4v) is 2.67. The number of ether oxygens (including phenoxy) is 2. The van der Waals surface area contributed by atoms with Gasteiger partial charge in [-0.1, -0.05) is 11.6 Å². The standard InChI is InChI=1S/C19H21ClN2O4/c1-22(11-14-10-15(20)6-9-17(14)25-2)12-18(23)21-16-7-4-13(5-8-16)19(24)26-3/h4-10H,11-12H2,1-3H3,(H,21,23). The molecule has 0 heterocycles. The summed E-state index contributed by atoms with van der Waals surface area (Å²) in [6.45, 7) is 0.701. The lowest BCUT2D eigenvalue weighted by atomic mass is 10.2. The highest BCUT2D eigenvalue weighted by Gasteiger charge is 2.12. The minimum Gasteiger partial charge on any atom is -0.496 e. The van der Waals surface area contributed by atoms with E-state index in [0.29, 0.717) is 22.8 Å². The van der Waals surface area contributed by atoms with E-state index in [-0.39, 0.29) is 12.5 Å². The van der Waals surface area contributed by atoms with Crippen LogP contribution in [0.4, 0.5) is 5.69 Å². The lowest BCUT2D eigenvalue weighted by molar-refractivity contribution is -0.117. The van der Waals surface area contributed by atoms with E-state index in [1.54, 1.807) is 43.5 Å². The Morgan fingerprint density at radius 1 is 1.12 bits per heavy atom. The Morgan fingerprint density at radius 2 is 1.81 bits per heavy atom. The average Bonchev–Trinajstić information content (AvgIpc) is 2.61. The van der Waals surface area contributed by atoms with Gasteiger partial charge in [-0.15, -0.1) is 0 Å². The number of halogens is 1. The van der Waals surface area contributed by atoms with Crippen LogP contribution in [0.2, 0.25) is 5.02 Å². The molecular formula is C19H21ClN2O4. The highest BCUT2D eigenvalue weighted by atomic mass is 35.5. The molecule has 0 atom stereocenters. The normalized spacial score (nSPS) is 10.5. The summed E-state index contributed by atoms with van der Waals surface area (Å²) in [6, 6.07) is 11.9. The van der Waals surface area contributed by atoms with Crippen LogP contribution in [0, 0.1) is 0 Å². The zero-order chi connectivity index (χ0) is 19.1. The number of esters is 1. The number of anilines is 1. The molecule has 0 radical (unpaired) electrons. The third-order valence-corrected chi connectivity index (χ3v) is 3.92. The van der Waals surface area contributed by atoms with Crippen LogP contribution < -0.4 is 10.1 Å². The first-order valence-electron chi connectivity index (χ1n) is 7.92. The second-order valence-corrected chi connectivity index (χ2v) is 6.18. The Balaban J connectivity index is 1.93. The predicted octanol–water partition coefficient (Wildman–Crippen LogP) is 3.21. The summed E-state index contributed by atoms with van der Waals surface area (Å²) < 4.78 is 9.96. The van der Waals surface area contributed by atoms with Crippen molar-refractivity contribution in [3.63, 3.8) is 0 Å². The Bertz CT molecular complexity index is 778. The van der Waals surface area contributed by atoms with Crippen LogP contribution in [0.1, 0.15) is 15.9 Å². The van der Waals surface area contributed by atoms with Gasteiger partial charge in [-0.25, -0.2) is 4.79 Å². The largest absolute Gasteiger partial charge is 0.496 e. The fraction of sp³-hybridized carbons (Fsp3) is 0.263. The average molecular weight is 377 g/mol. The van der Waals surface area contributed by atoms with E-state index in [4.69, 9.17) is 16.3 Å². The molecule has 2 aromatic rings. The molecule has 0 unspecified atom stereocenters. The third-order valence-electron chi connectivity index (χ3n) is 3.69. The number of carbonyl (C=O) groups is 2. The summed E-state index contributed by atoms with van der Waals surface area (Å²) in [5, 5.41) is 3.41. The van der Waals surface area contributed by atoms with Crippen molar-refractivity contribution in [1.82, 2.24) is 4.90 Å². The molecule has 0 aromatic heterocycles. The zero-order valence-electron chi connectivity index (χ0n) is 14.9. The second kappa shape index (κ2) is 9.22. The van der Waals surface area contributed by atoms with Crippen molar-refractivity contribution < 1.29 is 19.1 Å². The first-order valence-corrected chi connectivity index (χ1v) is 8.30. The van der Waals surface area contributed by atoms with Gasteiger partial charge in [0.2, 0.25) is 5.91 Å². The molecule has 0 fully saturated rings. The Morgan fingerprint density at radius 3 is 2.42 bits per heavy atom. The Hall–Kier alpha value is -2.57. The van der Waals surface area contributed by atoms with Crippen molar-refractivity contribution in [2.75, 3.05) is 33.1 Å². The van der Waals surface area contributed by atoms with E-state index >= 15 is 0 Å². The topological polar surface area (TPSA) is 67.9 Å². The van der Waals surface area contributed by atoms with Gasteiger partial charge in [0.25, 0.3) is 0 Å². The molecule has 0 spiro atoms. The molecule has 0 aliphatic carbocycles. The third kappa shape index (κ3) is 5.47. The second-order valence-electron chi connectivity index (χ2n) is 5.75. The van der Waals surface area contributed by atoms with E-state index in [0.717, 1.165) is 11.3 Å². The van der Waals surface area contributed by atoms with Crippen LogP contribution in [-0.4, -0.2) is 44.6 Å². The van der Waals surface area contributed by atoms with Crippen LogP contribution in [0.25, 0.3) is 0 Å². The number of methoxy groups -OCH3 is 2. The summed E-state index contributed by atoms with van der Waals surface area (Å²) in [5.41, 5.74) is 1.93. The number of amides is 1. The number of likely N-dealkylation sites (N-methyl/N-ethyl adjacent to an activating group) is 1. The van der Waals surface area contributed by atoms with Crippen molar-refractivity contribution in [3.8, 4) is 5.75 Å². The molecule has 7 heteroatoms. The van der Waals surface area contributed by atoms with Crippen molar-refractivity contribution in [3.05, 3.63) is 58.6 Å². The van der Waals surface area contributed by atoms with Gasteiger partial charge >= 0.3 is 5.97 Å². The predicted molar refractivity (Wildman–Crippen MR) is 101 cm³/mol. The SMILES string of the molecule is COC(=O)c1ccc(NC(=O)CN(C)Cc2cc(Cl)ccc2OC)cc1. The highest BCUT2D eigenvalue weighted by Crippen LogP contribution is 2.23. The van der Waals surface area contributed by atoms with E-state index in [9.17, 15) is 9.59 Å². The van der Waals surface area contributed by atoms with E-state index in [2.05, 4.69) is 10.1 Å². The number of nitrogens with one attached hydrogen (secondary N) is 1. The fourth-order valence-electron chi connectivity index (χ4n) is 2.47. The summed E-state index contributed by atoms with van der Waals surface area (Å²) in [4.78, 5) is 25.5. The minimum atomic E-state index is -0.418. The molecule has 138 valence electrons. The molecule has 2 aromatic carbocycles. The van der Waals surface area contributed by atoms with Crippen molar-refractivity contribution >= 4 is 29.2 Å². The summed E-state index contributed by atoms with van der Waals surface area (Å²) in [5.74, 6) is 0.137. The van der Waals surface area contributed by atoms with Crippen LogP contribution in [-0.2, 0) is 16.1 Å². The number of benzene rings is 2.